The van der Waals surface area contributed by atoms with Gasteiger partial charge in [-0.1, -0.05) is 39.0 Å². The number of hydrogen-bond acceptors (Lipinski definition) is 3. The van der Waals surface area contributed by atoms with Crippen LogP contribution in [0.4, 0.5) is 0 Å². The fourth-order valence-electron chi connectivity index (χ4n) is 2.37. The summed E-state index contributed by atoms with van der Waals surface area (Å²) in [6.07, 6.45) is 6.41. The van der Waals surface area contributed by atoms with Gasteiger partial charge in [-0.3, -0.25) is 0 Å². The van der Waals surface area contributed by atoms with Crippen molar-refractivity contribution in [3.05, 3.63) is 24.2 Å². The molecule has 1 fully saturated rings. The summed E-state index contributed by atoms with van der Waals surface area (Å²) in [7, 11) is -0.410. The molecule has 0 aromatic rings. The van der Waals surface area contributed by atoms with Crippen LogP contribution in [0.1, 0.15) is 60.8 Å². The average Bonchev–Trinajstić information content (AvgIpc) is 2.59. The van der Waals surface area contributed by atoms with Gasteiger partial charge in [0.1, 0.15) is 0 Å². The Morgan fingerprint density at radius 2 is 1.71 bits per heavy atom. The lowest BCUT2D eigenvalue weighted by atomic mass is 9.78. The van der Waals surface area contributed by atoms with Crippen LogP contribution in [0, 0.1) is 5.92 Å². The normalized spacial score (nSPS) is 23.5. The molecule has 1 heterocycles. The number of aliphatic hydroxyl groups excluding tert-OH is 1. The number of hydrogen-bond donors (Lipinski definition) is 1. The lowest BCUT2D eigenvalue weighted by Gasteiger charge is -2.32. The van der Waals surface area contributed by atoms with E-state index in [-0.39, 0.29) is 23.2 Å². The first-order valence-electron chi connectivity index (χ1n) is 8.05. The fraction of sp³-hybridized carbons (Fsp3) is 0.765. The van der Waals surface area contributed by atoms with Crippen molar-refractivity contribution in [3.8, 4) is 0 Å². The van der Waals surface area contributed by atoms with Crippen molar-refractivity contribution in [2.24, 2.45) is 5.92 Å². The third-order valence-electron chi connectivity index (χ3n) is 4.66. The topological polar surface area (TPSA) is 38.7 Å². The van der Waals surface area contributed by atoms with E-state index in [0.717, 1.165) is 24.7 Å². The molecule has 0 radical (unpaired) electrons. The van der Waals surface area contributed by atoms with Crippen molar-refractivity contribution < 1.29 is 14.4 Å². The van der Waals surface area contributed by atoms with Crippen LogP contribution in [0.3, 0.4) is 0 Å². The minimum absolute atomic E-state index is 0.157. The summed E-state index contributed by atoms with van der Waals surface area (Å²) < 4.78 is 11.9. The molecule has 1 saturated heterocycles. The van der Waals surface area contributed by atoms with Crippen LogP contribution < -0.4 is 0 Å². The molecule has 4 heteroatoms. The highest BCUT2D eigenvalue weighted by atomic mass is 16.7. The minimum Gasteiger partial charge on any atom is -0.399 e. The van der Waals surface area contributed by atoms with Gasteiger partial charge in [0.2, 0.25) is 0 Å². The van der Waals surface area contributed by atoms with E-state index in [1.807, 2.05) is 39.8 Å². The summed E-state index contributed by atoms with van der Waals surface area (Å²) in [6, 6.07) is 0. The Labute approximate surface area is 130 Å². The first kappa shape index (κ1) is 18.5. The van der Waals surface area contributed by atoms with Gasteiger partial charge in [-0.2, -0.15) is 0 Å². The summed E-state index contributed by atoms with van der Waals surface area (Å²) in [5.74, 6) is 0.157. The maximum atomic E-state index is 10.1. The van der Waals surface area contributed by atoms with Crippen LogP contribution >= 0.6 is 0 Å². The Balaban J connectivity index is 2.67. The van der Waals surface area contributed by atoms with Crippen LogP contribution in [-0.2, 0) is 9.31 Å². The number of rotatable bonds is 7. The summed E-state index contributed by atoms with van der Waals surface area (Å²) in [4.78, 5) is 0. The van der Waals surface area contributed by atoms with E-state index in [1.165, 1.54) is 0 Å². The third kappa shape index (κ3) is 4.45. The van der Waals surface area contributed by atoms with Crippen LogP contribution in [-0.4, -0.2) is 29.5 Å². The standard InChI is InChI=1S/C17H31BO3/c1-8-10-15(19)14(9-2)12-11-13(3)18-20-16(4,5)17(6,7)21-18/h11-12,14-15,19H,3,8-10H2,1-2,4-7H3. The first-order chi connectivity index (χ1) is 9.64. The second-order valence-electron chi connectivity index (χ2n) is 6.95. The van der Waals surface area contributed by atoms with Gasteiger partial charge in [0.05, 0.1) is 17.3 Å². The van der Waals surface area contributed by atoms with Crippen molar-refractivity contribution in [2.45, 2.75) is 78.1 Å². The van der Waals surface area contributed by atoms with Gasteiger partial charge in [0.25, 0.3) is 0 Å². The quantitative estimate of drug-likeness (QED) is 0.571. The zero-order valence-corrected chi connectivity index (χ0v) is 14.5. The lowest BCUT2D eigenvalue weighted by Crippen LogP contribution is -2.41. The number of allylic oxidation sites excluding steroid dienone is 2. The van der Waals surface area contributed by atoms with Gasteiger partial charge >= 0.3 is 7.12 Å². The molecule has 2 unspecified atom stereocenters. The maximum absolute atomic E-state index is 10.1. The molecule has 21 heavy (non-hydrogen) atoms. The average molecular weight is 294 g/mol. The summed E-state index contributed by atoms with van der Waals surface area (Å²) >= 11 is 0. The smallest absolute Gasteiger partial charge is 0.399 e. The van der Waals surface area contributed by atoms with Gasteiger partial charge in [-0.15, -0.1) is 0 Å². The molecular weight excluding hydrogens is 263 g/mol. The monoisotopic (exact) mass is 294 g/mol. The van der Waals surface area contributed by atoms with E-state index < -0.39 is 7.12 Å². The van der Waals surface area contributed by atoms with Gasteiger partial charge in [0, 0.05) is 5.92 Å². The highest BCUT2D eigenvalue weighted by molar-refractivity contribution is 6.55. The molecule has 2 atom stereocenters. The predicted molar refractivity (Wildman–Crippen MR) is 89.1 cm³/mol. The van der Waals surface area contributed by atoms with Crippen molar-refractivity contribution in [1.29, 1.82) is 0 Å². The van der Waals surface area contributed by atoms with Crippen LogP contribution in [0.5, 0.6) is 0 Å². The molecule has 1 N–H and O–H groups in total. The summed E-state index contributed by atoms with van der Waals surface area (Å²) in [6.45, 7) is 16.4. The van der Waals surface area contributed by atoms with Crippen molar-refractivity contribution in [2.75, 3.05) is 0 Å². The first-order valence-corrected chi connectivity index (χ1v) is 8.05. The molecule has 0 aromatic carbocycles. The Hall–Kier alpha value is -0.575. The van der Waals surface area contributed by atoms with E-state index in [2.05, 4.69) is 20.4 Å². The zero-order chi connectivity index (χ0) is 16.3. The molecule has 0 spiro atoms. The minimum atomic E-state index is -0.410. The van der Waals surface area contributed by atoms with Crippen LogP contribution in [0.25, 0.3) is 0 Å². The largest absolute Gasteiger partial charge is 0.494 e. The van der Waals surface area contributed by atoms with E-state index in [9.17, 15) is 5.11 Å². The molecule has 0 aliphatic carbocycles. The predicted octanol–water partition coefficient (Wildman–Crippen LogP) is 3.92. The summed E-state index contributed by atoms with van der Waals surface area (Å²) in [5.41, 5.74) is 0.108. The van der Waals surface area contributed by atoms with Gasteiger partial charge in [-0.25, -0.2) is 0 Å². The molecular formula is C17H31BO3. The zero-order valence-electron chi connectivity index (χ0n) is 14.5. The van der Waals surface area contributed by atoms with Crippen molar-refractivity contribution in [1.82, 2.24) is 0 Å². The lowest BCUT2D eigenvalue weighted by molar-refractivity contribution is 0.00578. The second kappa shape index (κ2) is 7.12. The van der Waals surface area contributed by atoms with Gasteiger partial charge in [-0.05, 0) is 46.0 Å². The Morgan fingerprint density at radius 1 is 1.19 bits per heavy atom. The molecule has 1 rings (SSSR count). The molecule has 0 saturated carbocycles. The van der Waals surface area contributed by atoms with E-state index >= 15 is 0 Å². The Morgan fingerprint density at radius 3 is 2.14 bits per heavy atom. The summed E-state index contributed by atoms with van der Waals surface area (Å²) in [5, 5.41) is 10.1. The van der Waals surface area contributed by atoms with E-state index in [1.54, 1.807) is 0 Å². The SMILES string of the molecule is C=C(C=CC(CC)C(O)CCC)B1OC(C)(C)C(C)(C)O1. The third-order valence-corrected chi connectivity index (χ3v) is 4.66. The Bertz CT molecular complexity index is 371. The van der Waals surface area contributed by atoms with E-state index in [0.29, 0.717) is 0 Å². The van der Waals surface area contributed by atoms with Crippen LogP contribution in [0.15, 0.2) is 24.2 Å². The molecule has 120 valence electrons. The van der Waals surface area contributed by atoms with E-state index in [4.69, 9.17) is 9.31 Å². The molecule has 3 nitrogen and oxygen atoms in total. The van der Waals surface area contributed by atoms with Gasteiger partial charge in [0.15, 0.2) is 0 Å². The Kier molecular flexibility index (Phi) is 6.27. The van der Waals surface area contributed by atoms with Crippen LogP contribution in [0.2, 0.25) is 0 Å². The fourth-order valence-corrected chi connectivity index (χ4v) is 2.37. The number of aliphatic hydroxyl groups is 1. The van der Waals surface area contributed by atoms with Crippen molar-refractivity contribution in [3.63, 3.8) is 0 Å². The highest BCUT2D eigenvalue weighted by Crippen LogP contribution is 2.38. The van der Waals surface area contributed by atoms with Crippen molar-refractivity contribution >= 4 is 7.12 Å². The molecule has 0 bridgehead atoms. The molecule has 0 amide bonds. The van der Waals surface area contributed by atoms with Gasteiger partial charge < -0.3 is 14.4 Å². The second-order valence-corrected chi connectivity index (χ2v) is 6.95. The molecule has 1 aliphatic rings. The highest BCUT2D eigenvalue weighted by Gasteiger charge is 2.51. The maximum Gasteiger partial charge on any atom is 0.494 e. The molecule has 1 aliphatic heterocycles. The molecule has 0 aromatic heterocycles.